The molecule has 7 heteroatoms. The van der Waals surface area contributed by atoms with Gasteiger partial charge in [0.2, 0.25) is 0 Å². The third kappa shape index (κ3) is 4.36. The summed E-state index contributed by atoms with van der Waals surface area (Å²) in [5, 5.41) is 19.9. The van der Waals surface area contributed by atoms with Gasteiger partial charge in [-0.25, -0.2) is 0 Å². The number of rotatable bonds is 6. The summed E-state index contributed by atoms with van der Waals surface area (Å²) >= 11 is 0. The van der Waals surface area contributed by atoms with Crippen molar-refractivity contribution in [1.82, 2.24) is 24.6 Å². The number of nitrogens with zero attached hydrogens (tertiary/aromatic N) is 6. The maximum Gasteiger partial charge on any atom is 0.154 e. The fourth-order valence-corrected chi connectivity index (χ4v) is 5.97. The molecule has 1 saturated heterocycles. The number of fused-ring (bicyclic) bond motifs is 1. The van der Waals surface area contributed by atoms with E-state index in [2.05, 4.69) is 64.2 Å². The lowest BCUT2D eigenvalue weighted by Crippen LogP contribution is -2.34. The van der Waals surface area contributed by atoms with Gasteiger partial charge < -0.3 is 14.6 Å². The zero-order valence-corrected chi connectivity index (χ0v) is 21.1. The average molecular weight is 473 g/mol. The molecule has 3 aromatic rings. The highest BCUT2D eigenvalue weighted by Gasteiger charge is 2.37. The molecule has 0 spiro atoms. The molecule has 0 amide bonds. The second-order valence-electron chi connectivity index (χ2n) is 10.9. The van der Waals surface area contributed by atoms with Gasteiger partial charge in [0.15, 0.2) is 6.23 Å². The second kappa shape index (κ2) is 9.03. The van der Waals surface area contributed by atoms with Crippen molar-refractivity contribution >= 4 is 5.69 Å². The number of likely N-dealkylation sites (tertiary alicyclic amines) is 1. The number of aliphatic hydroxyl groups excluding tert-OH is 1. The molecule has 1 aromatic carbocycles. The predicted octanol–water partition coefficient (Wildman–Crippen LogP) is 4.48. The van der Waals surface area contributed by atoms with E-state index in [1.165, 1.54) is 42.5 Å². The van der Waals surface area contributed by atoms with Crippen LogP contribution in [0, 0.1) is 5.92 Å². The number of anilines is 1. The SMILES string of the molecule is C[C@H]1CCCN(Cc2cc3c(c(C4CC4)n2)CN(c2cccc([C@H](C)c4nncn4C)c2)C3O)C1. The van der Waals surface area contributed by atoms with Gasteiger partial charge in [-0.3, -0.25) is 9.88 Å². The molecular weight excluding hydrogens is 436 g/mol. The number of hydrogen-bond acceptors (Lipinski definition) is 6. The zero-order chi connectivity index (χ0) is 24.1. The van der Waals surface area contributed by atoms with E-state index >= 15 is 0 Å². The van der Waals surface area contributed by atoms with Crippen molar-refractivity contribution in [3.05, 3.63) is 70.6 Å². The van der Waals surface area contributed by atoms with Crippen molar-refractivity contribution in [3.63, 3.8) is 0 Å². The predicted molar refractivity (Wildman–Crippen MR) is 136 cm³/mol. The van der Waals surface area contributed by atoms with Crippen LogP contribution in [-0.4, -0.2) is 42.8 Å². The van der Waals surface area contributed by atoms with Crippen LogP contribution in [0.3, 0.4) is 0 Å². The van der Waals surface area contributed by atoms with Crippen LogP contribution < -0.4 is 4.90 Å². The number of pyridine rings is 1. The van der Waals surface area contributed by atoms with Crippen molar-refractivity contribution in [2.45, 2.75) is 70.7 Å². The summed E-state index contributed by atoms with van der Waals surface area (Å²) in [6.45, 7) is 8.38. The normalized spacial score (nSPS) is 23.5. The number of piperidine rings is 1. The molecule has 7 nitrogen and oxygen atoms in total. The highest BCUT2D eigenvalue weighted by molar-refractivity contribution is 5.57. The van der Waals surface area contributed by atoms with Gasteiger partial charge >= 0.3 is 0 Å². The van der Waals surface area contributed by atoms with E-state index in [4.69, 9.17) is 4.98 Å². The topological polar surface area (TPSA) is 70.3 Å². The number of aliphatic hydroxyl groups is 1. The number of aromatic nitrogens is 4. The second-order valence-corrected chi connectivity index (χ2v) is 10.9. The van der Waals surface area contributed by atoms with Crippen molar-refractivity contribution in [2.24, 2.45) is 13.0 Å². The summed E-state index contributed by atoms with van der Waals surface area (Å²) in [4.78, 5) is 9.84. The lowest BCUT2D eigenvalue weighted by Gasteiger charge is -2.30. The number of benzene rings is 1. The van der Waals surface area contributed by atoms with Crippen LogP contribution in [0.1, 0.15) is 91.5 Å². The van der Waals surface area contributed by atoms with Crippen LogP contribution in [0.2, 0.25) is 0 Å². The van der Waals surface area contributed by atoms with E-state index in [-0.39, 0.29) is 5.92 Å². The molecule has 1 unspecified atom stereocenters. The van der Waals surface area contributed by atoms with Gasteiger partial charge in [0.05, 0.1) is 5.69 Å². The van der Waals surface area contributed by atoms with E-state index < -0.39 is 6.23 Å². The van der Waals surface area contributed by atoms with Gasteiger partial charge in [0, 0.05) is 61.0 Å². The first-order valence-corrected chi connectivity index (χ1v) is 13.1. The fourth-order valence-electron chi connectivity index (χ4n) is 5.97. The van der Waals surface area contributed by atoms with Gasteiger partial charge in [0.25, 0.3) is 0 Å². The smallest absolute Gasteiger partial charge is 0.154 e. The minimum Gasteiger partial charge on any atom is -0.369 e. The molecular formula is C28H36N6O. The van der Waals surface area contributed by atoms with E-state index in [0.29, 0.717) is 12.5 Å². The van der Waals surface area contributed by atoms with Crippen LogP contribution in [0.15, 0.2) is 36.7 Å². The Hall–Kier alpha value is -2.77. The molecule has 4 heterocycles. The van der Waals surface area contributed by atoms with Crippen LogP contribution in [0.4, 0.5) is 5.69 Å². The van der Waals surface area contributed by atoms with Gasteiger partial charge in [0.1, 0.15) is 12.2 Å². The highest BCUT2D eigenvalue weighted by atomic mass is 16.3. The standard InChI is InChI=1S/C28H36N6O/c1-18-6-5-11-33(14-18)15-22-13-24-25(26(30-22)20-9-10-20)16-34(28(24)35)23-8-4-7-21(12-23)19(2)27-31-29-17-32(27)3/h4,7-8,12-13,17-20,28,35H,5-6,9-11,14-16H2,1-3H3/t18-,19-,28?/m0/s1. The largest absolute Gasteiger partial charge is 0.369 e. The Bertz CT molecular complexity index is 1220. The summed E-state index contributed by atoms with van der Waals surface area (Å²) in [5.41, 5.74) is 6.84. The molecule has 1 saturated carbocycles. The summed E-state index contributed by atoms with van der Waals surface area (Å²) in [6.07, 6.45) is 6.11. The maximum absolute atomic E-state index is 11.5. The average Bonchev–Trinajstić information content (AvgIpc) is 3.53. The molecule has 2 fully saturated rings. The summed E-state index contributed by atoms with van der Waals surface area (Å²) in [7, 11) is 1.98. The van der Waals surface area contributed by atoms with E-state index in [1.54, 1.807) is 6.33 Å². The number of aryl methyl sites for hydroxylation is 1. The third-order valence-electron chi connectivity index (χ3n) is 8.07. The van der Waals surface area contributed by atoms with E-state index in [0.717, 1.165) is 48.3 Å². The summed E-state index contributed by atoms with van der Waals surface area (Å²) in [6, 6.07) is 10.7. The Morgan fingerprint density at radius 2 is 2.03 bits per heavy atom. The molecule has 1 N–H and O–H groups in total. The number of hydrogen-bond donors (Lipinski definition) is 1. The van der Waals surface area contributed by atoms with Crippen LogP contribution in [0.5, 0.6) is 0 Å². The monoisotopic (exact) mass is 472 g/mol. The zero-order valence-electron chi connectivity index (χ0n) is 21.1. The minimum atomic E-state index is -0.648. The summed E-state index contributed by atoms with van der Waals surface area (Å²) in [5.74, 6) is 2.35. The maximum atomic E-state index is 11.5. The van der Waals surface area contributed by atoms with E-state index in [1.807, 2.05) is 11.6 Å². The minimum absolute atomic E-state index is 0.117. The Balaban J connectivity index is 1.29. The third-order valence-corrected chi connectivity index (χ3v) is 8.07. The quantitative estimate of drug-likeness (QED) is 0.570. The lowest BCUT2D eigenvalue weighted by molar-refractivity contribution is 0.173. The van der Waals surface area contributed by atoms with Crippen molar-refractivity contribution < 1.29 is 5.11 Å². The highest BCUT2D eigenvalue weighted by Crippen LogP contribution is 2.46. The Labute approximate surface area is 207 Å². The van der Waals surface area contributed by atoms with Crippen LogP contribution in [0.25, 0.3) is 0 Å². The molecule has 184 valence electrons. The molecule has 1 aliphatic carbocycles. The fraction of sp³-hybridized carbons (Fsp3) is 0.536. The Morgan fingerprint density at radius 1 is 1.17 bits per heavy atom. The van der Waals surface area contributed by atoms with Gasteiger partial charge in [-0.15, -0.1) is 10.2 Å². The molecule has 3 atom stereocenters. The molecule has 35 heavy (non-hydrogen) atoms. The summed E-state index contributed by atoms with van der Waals surface area (Å²) < 4.78 is 1.97. The van der Waals surface area contributed by atoms with Crippen molar-refractivity contribution in [3.8, 4) is 0 Å². The molecule has 2 aliphatic heterocycles. The lowest BCUT2D eigenvalue weighted by atomic mass is 9.99. The molecule has 0 bridgehead atoms. The first kappa shape index (κ1) is 22.7. The molecule has 0 radical (unpaired) electrons. The first-order valence-electron chi connectivity index (χ1n) is 13.1. The Kier molecular flexibility index (Phi) is 5.85. The van der Waals surface area contributed by atoms with Crippen LogP contribution in [-0.2, 0) is 20.1 Å². The molecule has 2 aromatic heterocycles. The van der Waals surface area contributed by atoms with Crippen molar-refractivity contribution in [1.29, 1.82) is 0 Å². The molecule has 3 aliphatic rings. The first-order chi connectivity index (χ1) is 17.0. The van der Waals surface area contributed by atoms with Crippen molar-refractivity contribution in [2.75, 3.05) is 18.0 Å². The van der Waals surface area contributed by atoms with Gasteiger partial charge in [-0.1, -0.05) is 26.0 Å². The van der Waals surface area contributed by atoms with Gasteiger partial charge in [-0.05, 0) is 61.9 Å². The Morgan fingerprint density at radius 3 is 2.77 bits per heavy atom. The van der Waals surface area contributed by atoms with Crippen LogP contribution >= 0.6 is 0 Å². The molecule has 6 rings (SSSR count). The van der Waals surface area contributed by atoms with Gasteiger partial charge in [-0.2, -0.15) is 0 Å². The van der Waals surface area contributed by atoms with E-state index in [9.17, 15) is 5.11 Å².